The minimum atomic E-state index is -4.69. The van der Waals surface area contributed by atoms with Gasteiger partial charge in [-0.15, -0.1) is 0 Å². The van der Waals surface area contributed by atoms with Crippen molar-refractivity contribution in [3.63, 3.8) is 0 Å². The number of carbonyl (C=O) groups excluding carboxylic acids is 2. The van der Waals surface area contributed by atoms with Crippen LogP contribution < -0.4 is 29.1 Å². The maximum atomic E-state index is 14.2. The van der Waals surface area contributed by atoms with Crippen LogP contribution >= 0.6 is 0 Å². The molecule has 15 nitrogen and oxygen atoms in total. The summed E-state index contributed by atoms with van der Waals surface area (Å²) < 4.78 is 93.6. The van der Waals surface area contributed by atoms with E-state index in [2.05, 4.69) is 15.4 Å². The number of rotatable bonds is 11. The molecule has 0 radical (unpaired) electrons. The molecular weight excluding hydrogens is 665 g/mol. The second kappa shape index (κ2) is 13.1. The van der Waals surface area contributed by atoms with Crippen molar-refractivity contribution in [2.24, 2.45) is 0 Å². The summed E-state index contributed by atoms with van der Waals surface area (Å²) in [6, 6.07) is 11.4. The molecule has 0 bridgehead atoms. The maximum Gasteiger partial charge on any atom is 0.268 e. The average Bonchev–Trinajstić information content (AvgIpc) is 3.24. The molecule has 1 aliphatic rings. The SMILES string of the molecule is COc1ccc(NC(C)=O)cc1S(=O)(=O)Nc1ccc(N([C@@H]2CS(=O)(=O)C[C@H]2O)S(=O)(=O)c2cc(NC(C)=O)ccc2OC)cc1. The molecule has 2 atom stereocenters. The summed E-state index contributed by atoms with van der Waals surface area (Å²) in [6.45, 7) is 2.49. The van der Waals surface area contributed by atoms with Crippen LogP contribution in [0.4, 0.5) is 22.7 Å². The van der Waals surface area contributed by atoms with Crippen molar-refractivity contribution in [1.29, 1.82) is 0 Å². The highest BCUT2D eigenvalue weighted by atomic mass is 32.2. The number of anilines is 4. The van der Waals surface area contributed by atoms with Crippen LogP contribution in [-0.2, 0) is 39.5 Å². The van der Waals surface area contributed by atoms with Gasteiger partial charge in [-0.05, 0) is 60.7 Å². The van der Waals surface area contributed by atoms with Crippen LogP contribution in [0.2, 0.25) is 0 Å². The highest BCUT2D eigenvalue weighted by molar-refractivity contribution is 7.94. The number of ether oxygens (including phenoxy) is 2. The molecule has 46 heavy (non-hydrogen) atoms. The molecule has 0 aliphatic carbocycles. The maximum absolute atomic E-state index is 14.2. The minimum absolute atomic E-state index is 0.00194. The summed E-state index contributed by atoms with van der Waals surface area (Å²) in [5.41, 5.74) is 0.223. The van der Waals surface area contributed by atoms with E-state index in [-0.39, 0.29) is 39.1 Å². The first-order chi connectivity index (χ1) is 21.5. The lowest BCUT2D eigenvalue weighted by Crippen LogP contribution is -2.47. The number of aliphatic hydroxyl groups is 1. The van der Waals surface area contributed by atoms with E-state index in [0.717, 1.165) is 10.4 Å². The molecule has 3 aromatic rings. The number of amides is 2. The molecule has 2 amide bonds. The molecule has 4 rings (SSSR count). The molecule has 1 heterocycles. The molecule has 1 fully saturated rings. The van der Waals surface area contributed by atoms with Gasteiger partial charge in [-0.2, -0.15) is 0 Å². The lowest BCUT2D eigenvalue weighted by atomic mass is 10.2. The van der Waals surface area contributed by atoms with Crippen LogP contribution in [0.3, 0.4) is 0 Å². The quantitative estimate of drug-likeness (QED) is 0.227. The summed E-state index contributed by atoms with van der Waals surface area (Å²) >= 11 is 0. The van der Waals surface area contributed by atoms with Crippen molar-refractivity contribution in [3.8, 4) is 11.5 Å². The summed E-state index contributed by atoms with van der Waals surface area (Å²) in [6.07, 6.45) is -1.59. The van der Waals surface area contributed by atoms with E-state index in [0.29, 0.717) is 0 Å². The van der Waals surface area contributed by atoms with Crippen molar-refractivity contribution in [1.82, 2.24) is 0 Å². The van der Waals surface area contributed by atoms with Crippen LogP contribution in [-0.4, -0.2) is 80.0 Å². The van der Waals surface area contributed by atoms with E-state index in [4.69, 9.17) is 9.47 Å². The van der Waals surface area contributed by atoms with E-state index < -0.39 is 70.2 Å². The number of sulfonamides is 2. The Balaban J connectivity index is 1.77. The molecule has 0 spiro atoms. The Morgan fingerprint density at radius 3 is 1.72 bits per heavy atom. The number of benzene rings is 3. The van der Waals surface area contributed by atoms with E-state index in [1.807, 2.05) is 0 Å². The van der Waals surface area contributed by atoms with Crippen LogP contribution in [0, 0.1) is 0 Å². The zero-order valence-electron chi connectivity index (χ0n) is 25.0. The number of sulfone groups is 1. The molecule has 1 saturated heterocycles. The van der Waals surface area contributed by atoms with E-state index in [1.165, 1.54) is 82.7 Å². The standard InChI is InChI=1S/C28H32N4O11S3/c1-17(33)29-20-7-11-25(42-3)27(13-20)45(38,39)31-19-5-9-22(10-6-19)32(23-15-44(36,37)16-24(23)35)46(40,41)28-14-21(30-18(2)34)8-12-26(28)43-4/h5-14,23-24,31,35H,15-16H2,1-4H3,(H,29,33)(H,30,34)/t23-,24-/m1/s1. The molecule has 0 saturated carbocycles. The molecule has 4 N–H and O–H groups in total. The Kier molecular flexibility index (Phi) is 9.86. The van der Waals surface area contributed by atoms with Gasteiger partial charge in [0, 0.05) is 30.9 Å². The van der Waals surface area contributed by atoms with Crippen LogP contribution in [0.1, 0.15) is 13.8 Å². The number of nitrogens with zero attached hydrogens (tertiary/aromatic N) is 1. The summed E-state index contributed by atoms with van der Waals surface area (Å²) in [5, 5.41) is 15.7. The number of aliphatic hydroxyl groups excluding tert-OH is 1. The predicted octanol–water partition coefficient (Wildman–Crippen LogP) is 1.77. The number of hydrogen-bond acceptors (Lipinski definition) is 11. The first kappa shape index (κ1) is 34.5. The second-order valence-electron chi connectivity index (χ2n) is 10.3. The van der Waals surface area contributed by atoms with Crippen molar-refractivity contribution in [3.05, 3.63) is 60.7 Å². The zero-order valence-corrected chi connectivity index (χ0v) is 27.5. The Bertz CT molecular complexity index is 1980. The van der Waals surface area contributed by atoms with Gasteiger partial charge in [0.25, 0.3) is 20.0 Å². The highest BCUT2D eigenvalue weighted by Crippen LogP contribution is 2.37. The summed E-state index contributed by atoms with van der Waals surface area (Å²) in [7, 11) is -10.3. The smallest absolute Gasteiger partial charge is 0.268 e. The van der Waals surface area contributed by atoms with Crippen molar-refractivity contribution in [2.45, 2.75) is 35.8 Å². The van der Waals surface area contributed by atoms with Crippen LogP contribution in [0.5, 0.6) is 11.5 Å². The van der Waals surface area contributed by atoms with Crippen LogP contribution in [0.25, 0.3) is 0 Å². The third-order valence-corrected chi connectivity index (χ3v) is 11.7. The van der Waals surface area contributed by atoms with Crippen molar-refractivity contribution < 1.29 is 49.4 Å². The fraction of sp³-hybridized carbons (Fsp3) is 0.286. The zero-order chi connectivity index (χ0) is 34.0. The Morgan fingerprint density at radius 1 is 0.783 bits per heavy atom. The molecule has 0 unspecified atom stereocenters. The monoisotopic (exact) mass is 696 g/mol. The van der Waals surface area contributed by atoms with Crippen molar-refractivity contribution >= 4 is 64.4 Å². The molecule has 0 aromatic heterocycles. The number of methoxy groups -OCH3 is 2. The van der Waals surface area contributed by atoms with Crippen molar-refractivity contribution in [2.75, 3.05) is 45.4 Å². The first-order valence-electron chi connectivity index (χ1n) is 13.4. The van der Waals surface area contributed by atoms with E-state index in [9.17, 15) is 39.9 Å². The van der Waals surface area contributed by atoms with Gasteiger partial charge in [0.1, 0.15) is 21.3 Å². The summed E-state index contributed by atoms with van der Waals surface area (Å²) in [5.74, 6) is -2.39. The highest BCUT2D eigenvalue weighted by Gasteiger charge is 2.45. The average molecular weight is 697 g/mol. The van der Waals surface area contributed by atoms with Gasteiger partial charge in [-0.1, -0.05) is 0 Å². The Morgan fingerprint density at radius 2 is 1.26 bits per heavy atom. The summed E-state index contributed by atoms with van der Waals surface area (Å²) in [4.78, 5) is 22.4. The normalized spacial score (nSPS) is 17.5. The fourth-order valence-electron chi connectivity index (χ4n) is 4.86. The third kappa shape index (κ3) is 7.52. The largest absolute Gasteiger partial charge is 0.495 e. The predicted molar refractivity (Wildman–Crippen MR) is 170 cm³/mol. The van der Waals surface area contributed by atoms with E-state index >= 15 is 0 Å². The van der Waals surface area contributed by atoms with E-state index in [1.54, 1.807) is 0 Å². The van der Waals surface area contributed by atoms with Gasteiger partial charge < -0.3 is 25.2 Å². The third-order valence-electron chi connectivity index (χ3n) is 6.76. The van der Waals surface area contributed by atoms with Gasteiger partial charge >= 0.3 is 0 Å². The molecule has 18 heteroatoms. The van der Waals surface area contributed by atoms with Gasteiger partial charge in [-0.25, -0.2) is 25.3 Å². The fourth-order valence-corrected chi connectivity index (χ4v) is 9.85. The number of hydrogen-bond donors (Lipinski definition) is 4. The number of carbonyl (C=O) groups is 2. The van der Waals surface area contributed by atoms with Gasteiger partial charge in [-0.3, -0.25) is 18.6 Å². The molecular formula is C28H32N4O11S3. The van der Waals surface area contributed by atoms with Gasteiger partial charge in [0.15, 0.2) is 9.84 Å². The first-order valence-corrected chi connectivity index (χ1v) is 18.2. The Hall–Kier alpha value is -4.39. The molecule has 1 aliphatic heterocycles. The van der Waals surface area contributed by atoms with Gasteiger partial charge in [0.05, 0.1) is 43.6 Å². The van der Waals surface area contributed by atoms with Crippen LogP contribution in [0.15, 0.2) is 70.5 Å². The Labute approximate surface area is 266 Å². The minimum Gasteiger partial charge on any atom is -0.495 e. The number of nitrogens with one attached hydrogen (secondary N) is 3. The molecule has 3 aromatic carbocycles. The lowest BCUT2D eigenvalue weighted by molar-refractivity contribution is -0.115. The topological polar surface area (TPSA) is 215 Å². The lowest BCUT2D eigenvalue weighted by Gasteiger charge is -2.32. The molecule has 248 valence electrons. The van der Waals surface area contributed by atoms with Gasteiger partial charge in [0.2, 0.25) is 11.8 Å². The second-order valence-corrected chi connectivity index (χ2v) is 15.8.